The van der Waals surface area contributed by atoms with Crippen molar-refractivity contribution in [2.45, 2.75) is 64.5 Å². The van der Waals surface area contributed by atoms with E-state index in [0.29, 0.717) is 23.8 Å². The third kappa shape index (κ3) is 6.50. The van der Waals surface area contributed by atoms with Gasteiger partial charge in [0.1, 0.15) is 0 Å². The van der Waals surface area contributed by atoms with E-state index < -0.39 is 0 Å². The molecule has 25 heavy (non-hydrogen) atoms. The van der Waals surface area contributed by atoms with Crippen LogP contribution in [0.15, 0.2) is 24.3 Å². The quantitative estimate of drug-likeness (QED) is 0.628. The molecule has 2 rings (SSSR count). The summed E-state index contributed by atoms with van der Waals surface area (Å²) in [6, 6.07) is 7.33. The SMILES string of the molecule is CC(C)OC(=O)c1ccc(NC(=O)CN(C)C2CCCCCC2)cc1. The molecule has 0 spiro atoms. The van der Waals surface area contributed by atoms with Crippen molar-refractivity contribution in [2.75, 3.05) is 18.9 Å². The summed E-state index contributed by atoms with van der Waals surface area (Å²) in [5.41, 5.74) is 1.18. The maximum atomic E-state index is 12.3. The van der Waals surface area contributed by atoms with E-state index in [0.717, 1.165) is 0 Å². The van der Waals surface area contributed by atoms with Crippen LogP contribution in [-0.4, -0.2) is 42.5 Å². The van der Waals surface area contributed by atoms with Crippen molar-refractivity contribution in [2.24, 2.45) is 0 Å². The maximum absolute atomic E-state index is 12.3. The van der Waals surface area contributed by atoms with Gasteiger partial charge in [-0.15, -0.1) is 0 Å². The highest BCUT2D eigenvalue weighted by molar-refractivity contribution is 5.94. The fourth-order valence-corrected chi connectivity index (χ4v) is 3.23. The van der Waals surface area contributed by atoms with Crippen LogP contribution in [0.4, 0.5) is 5.69 Å². The zero-order valence-corrected chi connectivity index (χ0v) is 15.6. The molecule has 1 N–H and O–H groups in total. The molecule has 1 saturated carbocycles. The van der Waals surface area contributed by atoms with Crippen molar-refractivity contribution in [1.29, 1.82) is 0 Å². The van der Waals surface area contributed by atoms with E-state index >= 15 is 0 Å². The van der Waals surface area contributed by atoms with Gasteiger partial charge in [-0.1, -0.05) is 25.7 Å². The standard InChI is InChI=1S/C20H30N2O3/c1-15(2)25-20(24)16-10-12-17(13-11-16)21-19(23)14-22(3)18-8-6-4-5-7-9-18/h10-13,15,18H,4-9,14H2,1-3H3,(H,21,23). The number of carbonyl (C=O) groups excluding carboxylic acids is 2. The molecular weight excluding hydrogens is 316 g/mol. The minimum absolute atomic E-state index is 0.0238. The van der Waals surface area contributed by atoms with Crippen LogP contribution >= 0.6 is 0 Å². The molecule has 0 saturated heterocycles. The van der Waals surface area contributed by atoms with Gasteiger partial charge in [-0.3, -0.25) is 9.69 Å². The van der Waals surface area contributed by atoms with E-state index in [9.17, 15) is 9.59 Å². The van der Waals surface area contributed by atoms with Crippen molar-refractivity contribution in [3.8, 4) is 0 Å². The second-order valence-corrected chi connectivity index (χ2v) is 7.14. The lowest BCUT2D eigenvalue weighted by atomic mass is 10.1. The molecule has 0 radical (unpaired) electrons. The zero-order chi connectivity index (χ0) is 18.2. The second kappa shape index (κ2) is 9.56. The summed E-state index contributed by atoms with van der Waals surface area (Å²) in [5.74, 6) is -0.370. The third-order valence-electron chi connectivity index (χ3n) is 4.59. The highest BCUT2D eigenvalue weighted by Crippen LogP contribution is 2.21. The Morgan fingerprint density at radius 1 is 1.12 bits per heavy atom. The van der Waals surface area contributed by atoms with Gasteiger partial charge >= 0.3 is 5.97 Å². The average Bonchev–Trinajstić information content (AvgIpc) is 2.84. The smallest absolute Gasteiger partial charge is 0.338 e. The number of carbonyl (C=O) groups is 2. The van der Waals surface area contributed by atoms with Gasteiger partial charge in [-0.25, -0.2) is 4.79 Å². The zero-order valence-electron chi connectivity index (χ0n) is 15.6. The third-order valence-corrected chi connectivity index (χ3v) is 4.59. The number of esters is 1. The molecule has 0 heterocycles. The van der Waals surface area contributed by atoms with Gasteiger partial charge in [-0.2, -0.15) is 0 Å². The number of ether oxygens (including phenoxy) is 1. The van der Waals surface area contributed by atoms with Crippen LogP contribution in [0.2, 0.25) is 0 Å². The summed E-state index contributed by atoms with van der Waals surface area (Å²) < 4.78 is 5.15. The molecule has 1 amide bonds. The molecule has 1 aromatic rings. The van der Waals surface area contributed by atoms with Crippen molar-refractivity contribution < 1.29 is 14.3 Å². The summed E-state index contributed by atoms with van der Waals surface area (Å²) in [4.78, 5) is 26.3. The first-order valence-corrected chi connectivity index (χ1v) is 9.27. The number of rotatable bonds is 6. The Hall–Kier alpha value is -1.88. The minimum atomic E-state index is -0.346. The van der Waals surface area contributed by atoms with E-state index in [4.69, 9.17) is 4.74 Å². The van der Waals surface area contributed by atoms with E-state index in [1.54, 1.807) is 24.3 Å². The van der Waals surface area contributed by atoms with Crippen LogP contribution in [0.1, 0.15) is 62.7 Å². The van der Waals surface area contributed by atoms with Crippen molar-refractivity contribution >= 4 is 17.6 Å². The number of nitrogens with one attached hydrogen (secondary N) is 1. The van der Waals surface area contributed by atoms with Crippen molar-refractivity contribution in [3.63, 3.8) is 0 Å². The Bertz CT molecular complexity index is 561. The molecular formula is C20H30N2O3. The second-order valence-electron chi connectivity index (χ2n) is 7.14. The first kappa shape index (κ1) is 19.4. The number of nitrogens with zero attached hydrogens (tertiary/aromatic N) is 1. The van der Waals surface area contributed by atoms with E-state index in [1.807, 2.05) is 20.9 Å². The van der Waals surface area contributed by atoms with Gasteiger partial charge in [0.15, 0.2) is 0 Å². The minimum Gasteiger partial charge on any atom is -0.459 e. The fraction of sp³-hybridized carbons (Fsp3) is 0.600. The molecule has 5 nitrogen and oxygen atoms in total. The molecule has 0 aliphatic heterocycles. The van der Waals surface area contributed by atoms with Crippen LogP contribution < -0.4 is 5.32 Å². The molecule has 138 valence electrons. The van der Waals surface area contributed by atoms with Crippen LogP contribution in [0.3, 0.4) is 0 Å². The van der Waals surface area contributed by atoms with Gasteiger partial charge in [0.2, 0.25) is 5.91 Å². The highest BCUT2D eigenvalue weighted by Gasteiger charge is 2.19. The molecule has 1 aromatic carbocycles. The monoisotopic (exact) mass is 346 g/mol. The number of hydrogen-bond donors (Lipinski definition) is 1. The summed E-state index contributed by atoms with van der Waals surface area (Å²) in [6.45, 7) is 4.02. The molecule has 1 aliphatic rings. The van der Waals surface area contributed by atoms with Gasteiger partial charge in [0.05, 0.1) is 18.2 Å². The molecule has 0 atom stereocenters. The Morgan fingerprint density at radius 3 is 2.28 bits per heavy atom. The number of likely N-dealkylation sites (N-methyl/N-ethyl adjacent to an activating group) is 1. The highest BCUT2D eigenvalue weighted by atomic mass is 16.5. The number of anilines is 1. The van der Waals surface area contributed by atoms with Crippen molar-refractivity contribution in [3.05, 3.63) is 29.8 Å². The van der Waals surface area contributed by atoms with Crippen LogP contribution in [0.5, 0.6) is 0 Å². The molecule has 1 aliphatic carbocycles. The lowest BCUT2D eigenvalue weighted by molar-refractivity contribution is -0.117. The topological polar surface area (TPSA) is 58.6 Å². The number of amides is 1. The largest absolute Gasteiger partial charge is 0.459 e. The predicted octanol–water partition coefficient (Wildman–Crippen LogP) is 3.84. The first-order valence-electron chi connectivity index (χ1n) is 9.27. The molecule has 0 unspecified atom stereocenters. The molecule has 5 heteroatoms. The Morgan fingerprint density at radius 2 is 1.72 bits per heavy atom. The predicted molar refractivity (Wildman–Crippen MR) is 99.7 cm³/mol. The van der Waals surface area contributed by atoms with Crippen LogP contribution in [0, 0.1) is 0 Å². The Balaban J connectivity index is 1.84. The van der Waals surface area contributed by atoms with Gasteiger partial charge in [0, 0.05) is 11.7 Å². The molecule has 1 fully saturated rings. The normalized spacial score (nSPS) is 15.9. The van der Waals surface area contributed by atoms with Crippen LogP contribution in [0.25, 0.3) is 0 Å². The molecule has 0 aromatic heterocycles. The Kier molecular flexibility index (Phi) is 7.44. The van der Waals surface area contributed by atoms with E-state index in [1.165, 1.54) is 38.5 Å². The average molecular weight is 346 g/mol. The lowest BCUT2D eigenvalue weighted by Crippen LogP contribution is -2.37. The lowest BCUT2D eigenvalue weighted by Gasteiger charge is -2.26. The molecule has 0 bridgehead atoms. The summed E-state index contributed by atoms with van der Waals surface area (Å²) in [7, 11) is 2.03. The van der Waals surface area contributed by atoms with Gasteiger partial charge in [-0.05, 0) is 58.0 Å². The number of hydrogen-bond acceptors (Lipinski definition) is 4. The van der Waals surface area contributed by atoms with Gasteiger partial charge < -0.3 is 10.1 Å². The summed E-state index contributed by atoms with van der Waals surface area (Å²) in [6.07, 6.45) is 7.33. The van der Waals surface area contributed by atoms with E-state index in [2.05, 4.69) is 10.2 Å². The summed E-state index contributed by atoms with van der Waals surface area (Å²) in [5, 5.41) is 2.90. The fourth-order valence-electron chi connectivity index (χ4n) is 3.23. The maximum Gasteiger partial charge on any atom is 0.338 e. The summed E-state index contributed by atoms with van der Waals surface area (Å²) >= 11 is 0. The number of benzene rings is 1. The van der Waals surface area contributed by atoms with Crippen molar-refractivity contribution in [1.82, 2.24) is 4.90 Å². The Labute approximate surface area is 150 Å². The van der Waals surface area contributed by atoms with E-state index in [-0.39, 0.29) is 18.0 Å². The van der Waals surface area contributed by atoms with Crippen LogP contribution in [-0.2, 0) is 9.53 Å². The van der Waals surface area contributed by atoms with Gasteiger partial charge in [0.25, 0.3) is 0 Å². The first-order chi connectivity index (χ1) is 12.0.